The Hall–Kier alpha value is -5.50. The van der Waals surface area contributed by atoms with Crippen LogP contribution in [-0.2, 0) is 0 Å². The Bertz CT molecular complexity index is 2930. The molecule has 1 heterocycles. The lowest BCUT2D eigenvalue weighted by atomic mass is 9.87. The van der Waals surface area contributed by atoms with Gasteiger partial charge in [-0.15, -0.1) is 11.3 Å². The van der Waals surface area contributed by atoms with E-state index in [1.807, 2.05) is 11.3 Å². The van der Waals surface area contributed by atoms with E-state index in [4.69, 9.17) is 0 Å². The fourth-order valence-electron chi connectivity index (χ4n) is 8.19. The predicted molar refractivity (Wildman–Crippen MR) is 198 cm³/mol. The number of benzene rings is 10. The fraction of sp³-hybridized carbons (Fsp3) is 0. The third-order valence-corrected chi connectivity index (χ3v) is 11.3. The van der Waals surface area contributed by atoms with Crippen LogP contribution in [0.5, 0.6) is 0 Å². The van der Waals surface area contributed by atoms with Crippen molar-refractivity contribution in [2.45, 2.75) is 0 Å². The average Bonchev–Trinajstić information content (AvgIpc) is 3.49. The zero-order valence-electron chi connectivity index (χ0n) is 24.3. The van der Waals surface area contributed by atoms with Crippen molar-refractivity contribution in [3.63, 3.8) is 0 Å². The molecule has 1 aromatic heterocycles. The number of rotatable bonds is 2. The minimum Gasteiger partial charge on any atom is -0.135 e. The molecule has 11 rings (SSSR count). The Morgan fingerprint density at radius 2 is 0.844 bits per heavy atom. The maximum absolute atomic E-state index is 2.40. The summed E-state index contributed by atoms with van der Waals surface area (Å²) in [5, 5.41) is 18.7. The second-order valence-corrected chi connectivity index (χ2v) is 13.5. The van der Waals surface area contributed by atoms with Crippen LogP contribution in [0.1, 0.15) is 0 Å². The van der Waals surface area contributed by atoms with Gasteiger partial charge >= 0.3 is 0 Å². The molecule has 0 N–H and O–H groups in total. The van der Waals surface area contributed by atoms with Crippen molar-refractivity contribution in [3.05, 3.63) is 146 Å². The van der Waals surface area contributed by atoms with E-state index in [9.17, 15) is 0 Å². The van der Waals surface area contributed by atoms with E-state index in [2.05, 4.69) is 146 Å². The molecule has 0 saturated heterocycles. The number of hydrogen-bond donors (Lipinski definition) is 0. The van der Waals surface area contributed by atoms with E-state index in [1.54, 1.807) is 0 Å². The first kappa shape index (κ1) is 23.9. The van der Waals surface area contributed by atoms with Gasteiger partial charge < -0.3 is 0 Å². The van der Waals surface area contributed by atoms with Crippen LogP contribution in [0.4, 0.5) is 0 Å². The Labute approximate surface area is 263 Å². The van der Waals surface area contributed by atoms with Crippen molar-refractivity contribution in [2.75, 3.05) is 0 Å². The number of fused-ring (bicyclic) bond motifs is 3. The van der Waals surface area contributed by atoms with Crippen LogP contribution < -0.4 is 0 Å². The lowest BCUT2D eigenvalue weighted by Crippen LogP contribution is -1.89. The van der Waals surface area contributed by atoms with Gasteiger partial charge in [-0.25, -0.2) is 0 Å². The minimum absolute atomic E-state index is 1.25. The molecule has 11 aromatic rings. The van der Waals surface area contributed by atoms with Crippen LogP contribution in [0.15, 0.2) is 146 Å². The van der Waals surface area contributed by atoms with Gasteiger partial charge in [0.1, 0.15) is 0 Å². The van der Waals surface area contributed by atoms with Crippen molar-refractivity contribution in [2.24, 2.45) is 0 Å². The van der Waals surface area contributed by atoms with Gasteiger partial charge in [-0.3, -0.25) is 0 Å². The van der Waals surface area contributed by atoms with Crippen LogP contribution in [0, 0.1) is 0 Å². The summed E-state index contributed by atoms with van der Waals surface area (Å²) in [7, 11) is 0. The molecule has 0 radical (unpaired) electrons. The summed E-state index contributed by atoms with van der Waals surface area (Å²) in [6, 6.07) is 54.8. The molecular weight excluding hydrogens is 561 g/mol. The average molecular weight is 585 g/mol. The van der Waals surface area contributed by atoms with E-state index >= 15 is 0 Å². The highest BCUT2D eigenvalue weighted by Crippen LogP contribution is 2.46. The smallest absolute Gasteiger partial charge is 0.0361 e. The summed E-state index contributed by atoms with van der Waals surface area (Å²) in [4.78, 5) is 0. The first-order valence-electron chi connectivity index (χ1n) is 15.6. The SMILES string of the molecule is c1cc2cc(-c3ccc4ccc(-c5ccc6c7cccc8cccc(c9cccc5c96)c87)cc4c3)c3cccc4sc(c1)c2c43. The molecule has 0 amide bonds. The maximum atomic E-state index is 2.40. The molecular formula is C44H24S. The van der Waals surface area contributed by atoms with Gasteiger partial charge in [-0.2, -0.15) is 0 Å². The summed E-state index contributed by atoms with van der Waals surface area (Å²) in [6.07, 6.45) is 0. The fourth-order valence-corrected chi connectivity index (χ4v) is 9.36. The van der Waals surface area contributed by atoms with E-state index < -0.39 is 0 Å². The molecule has 45 heavy (non-hydrogen) atoms. The highest BCUT2D eigenvalue weighted by molar-refractivity contribution is 7.26. The van der Waals surface area contributed by atoms with Crippen LogP contribution >= 0.6 is 11.3 Å². The van der Waals surface area contributed by atoms with Gasteiger partial charge in [-0.1, -0.05) is 115 Å². The Morgan fingerprint density at radius 3 is 1.62 bits per heavy atom. The molecule has 0 aliphatic carbocycles. The van der Waals surface area contributed by atoms with Crippen molar-refractivity contribution >= 4 is 96.1 Å². The van der Waals surface area contributed by atoms with Crippen molar-refractivity contribution in [1.29, 1.82) is 0 Å². The molecule has 0 fully saturated rings. The standard InChI is InChI=1S/C44H24S/c1-6-26-7-2-10-34-37-21-20-31(32-11-4-12-35(43(32)37)33(9-1)41(26)34)27-18-16-25-17-19-28(23-30(25)22-27)38-24-29-8-3-14-39-42(29)44-36(38)13-5-15-40(44)45-39/h1-24H. The quantitative estimate of drug-likeness (QED) is 0.140. The molecule has 1 heteroatoms. The Kier molecular flexibility index (Phi) is 4.55. The van der Waals surface area contributed by atoms with E-state index in [1.165, 1.54) is 107 Å². The van der Waals surface area contributed by atoms with Crippen LogP contribution in [0.3, 0.4) is 0 Å². The van der Waals surface area contributed by atoms with Crippen molar-refractivity contribution < 1.29 is 0 Å². The Balaban J connectivity index is 1.15. The van der Waals surface area contributed by atoms with Crippen molar-refractivity contribution in [3.8, 4) is 22.3 Å². The van der Waals surface area contributed by atoms with Crippen LogP contribution in [0.25, 0.3) is 107 Å². The van der Waals surface area contributed by atoms with Gasteiger partial charge in [-0.05, 0) is 117 Å². The van der Waals surface area contributed by atoms with Crippen LogP contribution in [-0.4, -0.2) is 0 Å². The third-order valence-electron chi connectivity index (χ3n) is 10.1. The van der Waals surface area contributed by atoms with Crippen molar-refractivity contribution in [1.82, 2.24) is 0 Å². The molecule has 0 saturated carbocycles. The van der Waals surface area contributed by atoms with Gasteiger partial charge in [0.2, 0.25) is 0 Å². The summed E-state index contributed by atoms with van der Waals surface area (Å²) in [6.45, 7) is 0. The molecule has 0 bridgehead atoms. The summed E-state index contributed by atoms with van der Waals surface area (Å²) in [5.74, 6) is 0. The molecule has 0 unspecified atom stereocenters. The normalized spacial score (nSPS) is 12.4. The lowest BCUT2D eigenvalue weighted by molar-refractivity contribution is 1.68. The monoisotopic (exact) mass is 584 g/mol. The molecule has 0 nitrogen and oxygen atoms in total. The van der Waals surface area contributed by atoms with Gasteiger partial charge in [0.15, 0.2) is 0 Å². The lowest BCUT2D eigenvalue weighted by Gasteiger charge is -2.17. The zero-order valence-corrected chi connectivity index (χ0v) is 25.1. The molecule has 0 spiro atoms. The van der Waals surface area contributed by atoms with Gasteiger partial charge in [0, 0.05) is 20.2 Å². The second-order valence-electron chi connectivity index (χ2n) is 12.4. The largest absolute Gasteiger partial charge is 0.135 e. The number of thiophene rings is 1. The first-order chi connectivity index (χ1) is 22.3. The second kappa shape index (κ2) is 8.57. The molecule has 206 valence electrons. The molecule has 0 aliphatic rings. The van der Waals surface area contributed by atoms with E-state index in [0.717, 1.165) is 0 Å². The molecule has 0 aliphatic heterocycles. The highest BCUT2D eigenvalue weighted by atomic mass is 32.1. The molecule has 10 aromatic carbocycles. The predicted octanol–water partition coefficient (Wildman–Crippen LogP) is 13.2. The summed E-state index contributed by atoms with van der Waals surface area (Å²) in [5.41, 5.74) is 5.11. The maximum Gasteiger partial charge on any atom is 0.0361 e. The first-order valence-corrected chi connectivity index (χ1v) is 16.4. The highest BCUT2D eigenvalue weighted by Gasteiger charge is 2.17. The summed E-state index contributed by atoms with van der Waals surface area (Å²) < 4.78 is 2.74. The zero-order chi connectivity index (χ0) is 29.2. The van der Waals surface area contributed by atoms with Gasteiger partial charge in [0.05, 0.1) is 0 Å². The minimum atomic E-state index is 1.25. The molecule has 0 atom stereocenters. The summed E-state index contributed by atoms with van der Waals surface area (Å²) >= 11 is 1.90. The number of hydrogen-bond acceptors (Lipinski definition) is 1. The Morgan fingerprint density at radius 1 is 0.289 bits per heavy atom. The van der Waals surface area contributed by atoms with E-state index in [-0.39, 0.29) is 0 Å². The van der Waals surface area contributed by atoms with E-state index in [0.29, 0.717) is 0 Å². The topological polar surface area (TPSA) is 0 Å². The van der Waals surface area contributed by atoms with Crippen LogP contribution in [0.2, 0.25) is 0 Å². The van der Waals surface area contributed by atoms with Gasteiger partial charge in [0.25, 0.3) is 0 Å². The third kappa shape index (κ3) is 3.16.